The molecule has 1 aromatic carbocycles. The lowest BCUT2D eigenvalue weighted by Gasteiger charge is -2.51. The molecular weight excluding hydrogens is 240 g/mol. The van der Waals surface area contributed by atoms with Crippen molar-refractivity contribution in [3.63, 3.8) is 0 Å². The Labute approximate surface area is 114 Å². The minimum Gasteiger partial charge on any atom is -0.493 e. The molecule has 1 aromatic rings. The molecule has 4 heteroatoms. The van der Waals surface area contributed by atoms with Crippen molar-refractivity contribution in [3.8, 4) is 5.75 Å². The lowest BCUT2D eigenvalue weighted by molar-refractivity contribution is -0.0500. The number of fused-ring (bicyclic) bond motifs is 1. The van der Waals surface area contributed by atoms with Crippen molar-refractivity contribution < 1.29 is 9.84 Å². The normalized spacial score (nSPS) is 31.6. The number of nitrogens with one attached hydrogen (secondary N) is 1. The first-order valence-electron chi connectivity index (χ1n) is 7.08. The number of hydrogen-bond donors (Lipinski definition) is 2. The lowest BCUT2D eigenvalue weighted by Crippen LogP contribution is -2.61. The highest BCUT2D eigenvalue weighted by Crippen LogP contribution is 2.44. The summed E-state index contributed by atoms with van der Waals surface area (Å²) in [5, 5.41) is 13.6. The fourth-order valence-corrected chi connectivity index (χ4v) is 3.46. The van der Waals surface area contributed by atoms with E-state index in [-0.39, 0.29) is 18.1 Å². The molecule has 2 aliphatic rings. The van der Waals surface area contributed by atoms with Crippen LogP contribution in [0.25, 0.3) is 0 Å². The second kappa shape index (κ2) is 5.12. The van der Waals surface area contributed by atoms with E-state index in [2.05, 4.69) is 23.2 Å². The third kappa shape index (κ3) is 1.95. The van der Waals surface area contributed by atoms with E-state index in [1.165, 1.54) is 0 Å². The van der Waals surface area contributed by atoms with Crippen LogP contribution in [0.15, 0.2) is 24.3 Å². The Morgan fingerprint density at radius 3 is 2.84 bits per heavy atom. The van der Waals surface area contributed by atoms with Crippen LogP contribution in [0.2, 0.25) is 0 Å². The summed E-state index contributed by atoms with van der Waals surface area (Å²) in [6.45, 7) is 6.90. The molecule has 0 bridgehead atoms. The van der Waals surface area contributed by atoms with Crippen LogP contribution in [-0.2, 0) is 5.54 Å². The molecule has 0 spiro atoms. The summed E-state index contributed by atoms with van der Waals surface area (Å²) in [6.07, 6.45) is 0. The first kappa shape index (κ1) is 12.9. The Kier molecular flexibility index (Phi) is 3.48. The molecular formula is C15H22N2O2. The number of rotatable bonds is 2. The lowest BCUT2D eigenvalue weighted by atomic mass is 9.76. The van der Waals surface area contributed by atoms with Crippen molar-refractivity contribution >= 4 is 0 Å². The van der Waals surface area contributed by atoms with Crippen molar-refractivity contribution in [3.05, 3.63) is 29.8 Å². The zero-order valence-corrected chi connectivity index (χ0v) is 11.4. The SMILES string of the molecule is CC1COc2ccccc2C1(CO)N1CCNCC1. The molecule has 4 nitrogen and oxygen atoms in total. The summed E-state index contributed by atoms with van der Waals surface area (Å²) >= 11 is 0. The minimum absolute atomic E-state index is 0.147. The molecule has 104 valence electrons. The van der Waals surface area contributed by atoms with E-state index < -0.39 is 0 Å². The standard InChI is InChI=1S/C15H22N2O2/c1-12-10-19-14-5-3-2-4-13(14)15(12,11-18)17-8-6-16-7-9-17/h2-5,12,16,18H,6-11H2,1H3. The Balaban J connectivity index is 2.07. The average molecular weight is 262 g/mol. The minimum atomic E-state index is -0.295. The van der Waals surface area contributed by atoms with Crippen LogP contribution in [0.1, 0.15) is 12.5 Å². The fraction of sp³-hybridized carbons (Fsp3) is 0.600. The number of hydrogen-bond acceptors (Lipinski definition) is 4. The van der Waals surface area contributed by atoms with Crippen molar-refractivity contribution in [1.29, 1.82) is 0 Å². The second-order valence-electron chi connectivity index (χ2n) is 5.53. The summed E-state index contributed by atoms with van der Waals surface area (Å²) in [7, 11) is 0. The van der Waals surface area contributed by atoms with E-state index in [9.17, 15) is 5.11 Å². The van der Waals surface area contributed by atoms with Gasteiger partial charge in [-0.1, -0.05) is 25.1 Å². The van der Waals surface area contributed by atoms with Gasteiger partial charge in [-0.25, -0.2) is 0 Å². The number of benzene rings is 1. The number of piperazine rings is 1. The average Bonchev–Trinajstić information content (AvgIpc) is 2.48. The molecule has 2 aliphatic heterocycles. The van der Waals surface area contributed by atoms with E-state index in [4.69, 9.17) is 4.74 Å². The van der Waals surface area contributed by atoms with Gasteiger partial charge in [-0.2, -0.15) is 0 Å². The molecule has 1 fully saturated rings. The van der Waals surface area contributed by atoms with E-state index in [1.807, 2.05) is 18.2 Å². The smallest absolute Gasteiger partial charge is 0.124 e. The largest absolute Gasteiger partial charge is 0.493 e. The van der Waals surface area contributed by atoms with Crippen molar-refractivity contribution in [2.75, 3.05) is 39.4 Å². The van der Waals surface area contributed by atoms with E-state index in [0.717, 1.165) is 37.5 Å². The molecule has 2 atom stereocenters. The Bertz CT molecular complexity index is 446. The van der Waals surface area contributed by atoms with Gasteiger partial charge in [0.25, 0.3) is 0 Å². The molecule has 2 unspecified atom stereocenters. The number of nitrogens with zero attached hydrogens (tertiary/aromatic N) is 1. The number of aliphatic hydroxyl groups is 1. The molecule has 0 radical (unpaired) electrons. The van der Waals surface area contributed by atoms with Crippen molar-refractivity contribution in [2.45, 2.75) is 12.5 Å². The molecule has 3 rings (SSSR count). The zero-order chi connectivity index (χ0) is 13.3. The number of para-hydroxylation sites is 1. The van der Waals surface area contributed by atoms with E-state index in [0.29, 0.717) is 6.61 Å². The van der Waals surface area contributed by atoms with Gasteiger partial charge in [-0.05, 0) is 6.07 Å². The predicted molar refractivity (Wildman–Crippen MR) is 74.3 cm³/mol. The van der Waals surface area contributed by atoms with Gasteiger partial charge in [0.15, 0.2) is 0 Å². The molecule has 1 saturated heterocycles. The molecule has 2 N–H and O–H groups in total. The van der Waals surface area contributed by atoms with Gasteiger partial charge >= 0.3 is 0 Å². The fourth-order valence-electron chi connectivity index (χ4n) is 3.46. The van der Waals surface area contributed by atoms with Gasteiger partial charge in [-0.15, -0.1) is 0 Å². The maximum atomic E-state index is 10.2. The first-order chi connectivity index (χ1) is 9.29. The Morgan fingerprint density at radius 1 is 1.37 bits per heavy atom. The molecule has 2 heterocycles. The summed E-state index contributed by atoms with van der Waals surface area (Å²) in [5.41, 5.74) is 0.842. The van der Waals surface area contributed by atoms with Gasteiger partial charge in [0.1, 0.15) is 5.75 Å². The topological polar surface area (TPSA) is 44.7 Å². The van der Waals surface area contributed by atoms with Crippen LogP contribution in [0.3, 0.4) is 0 Å². The summed E-state index contributed by atoms with van der Waals surface area (Å²) in [4.78, 5) is 2.43. The Hall–Kier alpha value is -1.10. The summed E-state index contributed by atoms with van der Waals surface area (Å²) in [5.74, 6) is 1.21. The molecule has 0 amide bonds. The maximum Gasteiger partial charge on any atom is 0.124 e. The first-order valence-corrected chi connectivity index (χ1v) is 7.08. The van der Waals surface area contributed by atoms with Crippen molar-refractivity contribution in [2.24, 2.45) is 5.92 Å². The van der Waals surface area contributed by atoms with Gasteiger partial charge in [0.05, 0.1) is 18.8 Å². The second-order valence-corrected chi connectivity index (χ2v) is 5.53. The highest BCUT2D eigenvalue weighted by Gasteiger charge is 2.47. The van der Waals surface area contributed by atoms with Crippen molar-refractivity contribution in [1.82, 2.24) is 10.2 Å². The van der Waals surface area contributed by atoms with E-state index >= 15 is 0 Å². The molecule has 0 aromatic heterocycles. The van der Waals surface area contributed by atoms with Crippen LogP contribution >= 0.6 is 0 Å². The molecule has 0 saturated carbocycles. The van der Waals surface area contributed by atoms with Crippen LogP contribution in [0.5, 0.6) is 5.75 Å². The highest BCUT2D eigenvalue weighted by atomic mass is 16.5. The number of ether oxygens (including phenoxy) is 1. The van der Waals surface area contributed by atoms with Gasteiger partial charge in [0, 0.05) is 37.7 Å². The van der Waals surface area contributed by atoms with Crippen LogP contribution < -0.4 is 10.1 Å². The predicted octanol–water partition coefficient (Wildman–Crippen LogP) is 0.808. The molecule has 0 aliphatic carbocycles. The van der Waals surface area contributed by atoms with Gasteiger partial charge < -0.3 is 15.2 Å². The quantitative estimate of drug-likeness (QED) is 0.828. The van der Waals surface area contributed by atoms with Crippen LogP contribution in [-0.4, -0.2) is 49.4 Å². The van der Waals surface area contributed by atoms with Gasteiger partial charge in [0.2, 0.25) is 0 Å². The summed E-state index contributed by atoms with van der Waals surface area (Å²) < 4.78 is 5.83. The van der Waals surface area contributed by atoms with Crippen LogP contribution in [0, 0.1) is 5.92 Å². The monoisotopic (exact) mass is 262 g/mol. The van der Waals surface area contributed by atoms with E-state index in [1.54, 1.807) is 0 Å². The third-order valence-electron chi connectivity index (χ3n) is 4.58. The third-order valence-corrected chi connectivity index (χ3v) is 4.58. The van der Waals surface area contributed by atoms with Crippen LogP contribution in [0.4, 0.5) is 0 Å². The number of aliphatic hydroxyl groups excluding tert-OH is 1. The van der Waals surface area contributed by atoms with Gasteiger partial charge in [-0.3, -0.25) is 4.90 Å². The molecule has 19 heavy (non-hydrogen) atoms. The summed E-state index contributed by atoms with van der Waals surface area (Å²) in [6, 6.07) is 8.14. The maximum absolute atomic E-state index is 10.2. The highest BCUT2D eigenvalue weighted by molar-refractivity contribution is 5.42. The zero-order valence-electron chi connectivity index (χ0n) is 11.4. The Morgan fingerprint density at radius 2 is 2.11 bits per heavy atom.